The molecule has 0 bridgehead atoms. The van der Waals surface area contributed by atoms with Crippen LogP contribution in [-0.2, 0) is 0 Å². The number of rotatable bonds is 4. The summed E-state index contributed by atoms with van der Waals surface area (Å²) in [6, 6.07) is 8.34. The van der Waals surface area contributed by atoms with Crippen molar-refractivity contribution in [2.24, 2.45) is 16.6 Å². The van der Waals surface area contributed by atoms with Crippen molar-refractivity contribution < 1.29 is 9.42 Å². The predicted molar refractivity (Wildman–Crippen MR) is 113 cm³/mol. The van der Waals surface area contributed by atoms with Crippen LogP contribution >= 0.6 is 15.9 Å². The van der Waals surface area contributed by atoms with E-state index in [2.05, 4.69) is 43.5 Å². The van der Waals surface area contributed by atoms with Crippen molar-refractivity contribution in [2.45, 2.75) is 37.1 Å². The quantitative estimate of drug-likeness (QED) is 0.409. The van der Waals surface area contributed by atoms with E-state index in [4.69, 9.17) is 15.6 Å². The van der Waals surface area contributed by atoms with Crippen LogP contribution in [0.1, 0.15) is 37.4 Å². The Morgan fingerprint density at radius 1 is 1.45 bits per heavy atom. The molecule has 1 saturated carbocycles. The molecule has 1 aromatic carbocycles. The number of aromatic nitrogens is 2. The second-order valence-corrected chi connectivity index (χ2v) is 8.26. The van der Waals surface area contributed by atoms with Crippen molar-refractivity contribution in [3.05, 3.63) is 35.5 Å². The third-order valence-electron chi connectivity index (χ3n) is 5.02. The van der Waals surface area contributed by atoms with Gasteiger partial charge in [-0.15, -0.1) is 0 Å². The number of nitrogens with two attached hydrogens (primary N) is 1. The van der Waals surface area contributed by atoms with Gasteiger partial charge in [-0.2, -0.15) is 5.26 Å². The Bertz CT molecular complexity index is 952. The molecule has 1 aliphatic carbocycles. The zero-order chi connectivity index (χ0) is 21.0. The summed E-state index contributed by atoms with van der Waals surface area (Å²) < 4.78 is 4.77. The van der Waals surface area contributed by atoms with Gasteiger partial charge in [-0.05, 0) is 53.7 Å². The second-order valence-electron chi connectivity index (χ2n) is 7.09. The number of nitriles is 1. The Balaban J connectivity index is 1.71. The molecule has 10 heteroatoms. The van der Waals surface area contributed by atoms with Crippen LogP contribution in [0.25, 0.3) is 0 Å². The standard InChI is InChI=1S/C19H22BrN7O2/c1-11-6-7-13(9-15(11)20)23-17(22)16-18(26-29-25-16)24-19(28)27(2)14-5-3-4-12(8-14)10-21/h3-5,8,11,13,15H,6-7,9H2,1-2H3,(H2,22,23)(H,24,26,28)/t11-,13?,15?/m1/s1. The number of amides is 2. The van der Waals surface area contributed by atoms with E-state index < -0.39 is 6.03 Å². The number of carbonyl (C=O) groups is 1. The zero-order valence-electron chi connectivity index (χ0n) is 16.2. The van der Waals surface area contributed by atoms with Crippen LogP contribution in [0.15, 0.2) is 33.9 Å². The molecule has 3 N–H and O–H groups in total. The average Bonchev–Trinajstić information content (AvgIpc) is 3.18. The lowest BCUT2D eigenvalue weighted by molar-refractivity contribution is 0.257. The average molecular weight is 460 g/mol. The molecule has 0 saturated heterocycles. The second kappa shape index (κ2) is 9.05. The number of benzene rings is 1. The number of alkyl halides is 1. The first kappa shape index (κ1) is 20.8. The molecule has 0 radical (unpaired) electrons. The Morgan fingerprint density at radius 3 is 2.97 bits per heavy atom. The summed E-state index contributed by atoms with van der Waals surface area (Å²) in [6.45, 7) is 2.21. The topological polar surface area (TPSA) is 133 Å². The summed E-state index contributed by atoms with van der Waals surface area (Å²) in [5.74, 6) is 0.871. The van der Waals surface area contributed by atoms with E-state index in [0.29, 0.717) is 22.0 Å². The number of nitrogens with zero attached hydrogens (tertiary/aromatic N) is 5. The molecule has 0 spiro atoms. The van der Waals surface area contributed by atoms with Crippen LogP contribution in [0.4, 0.5) is 16.3 Å². The first-order valence-electron chi connectivity index (χ1n) is 9.24. The van der Waals surface area contributed by atoms with Crippen molar-refractivity contribution >= 4 is 39.3 Å². The maximum atomic E-state index is 12.6. The largest absolute Gasteiger partial charge is 0.382 e. The number of hydrogen-bond donors (Lipinski definition) is 2. The van der Waals surface area contributed by atoms with E-state index in [1.807, 2.05) is 6.07 Å². The molecule has 0 aliphatic heterocycles. The van der Waals surface area contributed by atoms with Crippen molar-refractivity contribution in [1.29, 1.82) is 5.26 Å². The minimum absolute atomic E-state index is 0.0761. The third kappa shape index (κ3) is 4.92. The molecule has 29 heavy (non-hydrogen) atoms. The van der Waals surface area contributed by atoms with Gasteiger partial charge in [0.1, 0.15) is 0 Å². The molecule has 2 amide bonds. The minimum atomic E-state index is -0.475. The predicted octanol–water partition coefficient (Wildman–Crippen LogP) is 3.27. The fourth-order valence-electron chi connectivity index (χ4n) is 3.15. The molecule has 152 valence electrons. The smallest absolute Gasteiger partial charge is 0.327 e. The van der Waals surface area contributed by atoms with Crippen LogP contribution in [0, 0.1) is 17.2 Å². The highest BCUT2D eigenvalue weighted by molar-refractivity contribution is 9.09. The number of aliphatic imine (C=N–C) groups is 1. The number of anilines is 2. The highest BCUT2D eigenvalue weighted by atomic mass is 79.9. The number of amidine groups is 1. The van der Waals surface area contributed by atoms with E-state index in [0.717, 1.165) is 19.3 Å². The Kier molecular flexibility index (Phi) is 6.49. The summed E-state index contributed by atoms with van der Waals surface area (Å²) in [5.41, 5.74) is 7.33. The number of carbonyl (C=O) groups excluding carboxylic acids is 1. The van der Waals surface area contributed by atoms with Crippen LogP contribution in [0.5, 0.6) is 0 Å². The van der Waals surface area contributed by atoms with Crippen LogP contribution in [0.3, 0.4) is 0 Å². The lowest BCUT2D eigenvalue weighted by atomic mass is 9.87. The normalized spacial score (nSPS) is 22.0. The molecule has 2 unspecified atom stereocenters. The highest BCUT2D eigenvalue weighted by Crippen LogP contribution is 2.31. The van der Waals surface area contributed by atoms with Gasteiger partial charge in [-0.25, -0.2) is 9.42 Å². The summed E-state index contributed by atoms with van der Waals surface area (Å²) in [4.78, 5) is 18.9. The Hall–Kier alpha value is -2.93. The fraction of sp³-hybridized carbons (Fsp3) is 0.421. The molecule has 1 heterocycles. The molecule has 3 rings (SSSR count). The molecule has 1 aromatic heterocycles. The van der Waals surface area contributed by atoms with Gasteiger partial charge in [0.25, 0.3) is 0 Å². The number of hydrogen-bond acceptors (Lipinski definition) is 6. The van der Waals surface area contributed by atoms with Gasteiger partial charge in [-0.1, -0.05) is 28.9 Å². The van der Waals surface area contributed by atoms with Gasteiger partial charge < -0.3 is 5.73 Å². The maximum absolute atomic E-state index is 12.6. The van der Waals surface area contributed by atoms with E-state index in [9.17, 15) is 4.79 Å². The van der Waals surface area contributed by atoms with Gasteiger partial charge >= 0.3 is 6.03 Å². The van der Waals surface area contributed by atoms with Gasteiger partial charge in [0.2, 0.25) is 5.82 Å². The van der Waals surface area contributed by atoms with Crippen molar-refractivity contribution in [3.63, 3.8) is 0 Å². The lowest BCUT2D eigenvalue weighted by Gasteiger charge is -2.28. The summed E-state index contributed by atoms with van der Waals surface area (Å²) in [6.07, 6.45) is 2.88. The Morgan fingerprint density at radius 2 is 2.24 bits per heavy atom. The lowest BCUT2D eigenvalue weighted by Crippen LogP contribution is -2.32. The molecule has 3 atom stereocenters. The molecular formula is C19H22BrN7O2. The number of halogens is 1. The third-order valence-corrected chi connectivity index (χ3v) is 6.29. The van der Waals surface area contributed by atoms with Crippen molar-refractivity contribution in [1.82, 2.24) is 10.3 Å². The number of nitrogens with one attached hydrogen (secondary N) is 1. The summed E-state index contributed by atoms with van der Waals surface area (Å²) >= 11 is 3.69. The molecule has 9 nitrogen and oxygen atoms in total. The minimum Gasteiger partial charge on any atom is -0.382 e. The SMILES string of the molecule is C[C@@H]1CCC(N=C(N)c2nonc2NC(=O)N(C)c2cccc(C#N)c2)CC1Br. The van der Waals surface area contributed by atoms with Crippen LogP contribution < -0.4 is 16.0 Å². The first-order valence-corrected chi connectivity index (χ1v) is 10.2. The van der Waals surface area contributed by atoms with Gasteiger partial charge in [0.15, 0.2) is 11.5 Å². The van der Waals surface area contributed by atoms with E-state index in [1.165, 1.54) is 4.90 Å². The highest BCUT2D eigenvalue weighted by Gasteiger charge is 2.27. The Labute approximate surface area is 177 Å². The molecular weight excluding hydrogens is 438 g/mol. The molecule has 1 aliphatic rings. The first-order chi connectivity index (χ1) is 13.9. The van der Waals surface area contributed by atoms with Crippen molar-refractivity contribution in [3.8, 4) is 6.07 Å². The van der Waals surface area contributed by atoms with Crippen LogP contribution in [-0.4, -0.2) is 40.1 Å². The van der Waals surface area contributed by atoms with E-state index >= 15 is 0 Å². The monoisotopic (exact) mass is 459 g/mol. The van der Waals surface area contributed by atoms with Crippen LogP contribution in [0.2, 0.25) is 0 Å². The van der Waals surface area contributed by atoms with Gasteiger partial charge in [0.05, 0.1) is 17.7 Å². The molecule has 2 aromatic rings. The van der Waals surface area contributed by atoms with Gasteiger partial charge in [-0.3, -0.25) is 15.2 Å². The van der Waals surface area contributed by atoms with Crippen molar-refractivity contribution in [2.75, 3.05) is 17.3 Å². The van der Waals surface area contributed by atoms with Gasteiger partial charge in [0, 0.05) is 17.6 Å². The van der Waals surface area contributed by atoms with E-state index in [-0.39, 0.29) is 23.4 Å². The zero-order valence-corrected chi connectivity index (χ0v) is 17.8. The fourth-order valence-corrected chi connectivity index (χ4v) is 3.84. The number of urea groups is 1. The van der Waals surface area contributed by atoms with E-state index in [1.54, 1.807) is 31.3 Å². The maximum Gasteiger partial charge on any atom is 0.327 e. The summed E-state index contributed by atoms with van der Waals surface area (Å²) in [7, 11) is 1.58. The molecule has 1 fully saturated rings. The summed E-state index contributed by atoms with van der Waals surface area (Å²) in [5, 5.41) is 19.2.